The fourth-order valence-electron chi connectivity index (χ4n) is 2.07. The van der Waals surface area contributed by atoms with Gasteiger partial charge in [-0.1, -0.05) is 23.5 Å². The minimum absolute atomic E-state index is 0. The van der Waals surface area contributed by atoms with E-state index in [1.165, 1.54) is 6.92 Å². The van der Waals surface area contributed by atoms with Gasteiger partial charge in [0.05, 0.1) is 5.69 Å². The summed E-state index contributed by atoms with van der Waals surface area (Å²) in [5.74, 6) is -1.48. The summed E-state index contributed by atoms with van der Waals surface area (Å²) >= 11 is 0.950. The maximum atomic E-state index is 11.3. The number of thiazole rings is 1. The molecule has 1 amide bonds. The van der Waals surface area contributed by atoms with Gasteiger partial charge in [0.1, 0.15) is 4.88 Å². The third kappa shape index (κ3) is 6.05. The largest absolute Gasteiger partial charge is 0.477 e. The SMILES string of the molecule is CC(=O)Nc1nc(CCc2ccc(NC(=N)N)cc2)c(C(=O)O)s1.Cl. The number of nitrogens with zero attached hydrogens (tertiary/aromatic N) is 1. The fourth-order valence-corrected chi connectivity index (χ4v) is 2.96. The highest BCUT2D eigenvalue weighted by Gasteiger charge is 2.17. The molecule has 0 spiro atoms. The molecule has 0 fully saturated rings. The van der Waals surface area contributed by atoms with Gasteiger partial charge in [-0.3, -0.25) is 10.2 Å². The van der Waals surface area contributed by atoms with Gasteiger partial charge in [-0.2, -0.15) is 0 Å². The number of carbonyl (C=O) groups is 2. The maximum absolute atomic E-state index is 11.3. The molecule has 0 saturated heterocycles. The molecule has 1 aromatic heterocycles. The van der Waals surface area contributed by atoms with E-state index >= 15 is 0 Å². The number of hydrogen-bond acceptors (Lipinski definition) is 5. The summed E-state index contributed by atoms with van der Waals surface area (Å²) in [5.41, 5.74) is 7.41. The molecule has 8 nitrogen and oxygen atoms in total. The van der Waals surface area contributed by atoms with Gasteiger partial charge in [0, 0.05) is 12.6 Å². The number of nitrogens with one attached hydrogen (secondary N) is 3. The molecule has 0 aliphatic carbocycles. The van der Waals surface area contributed by atoms with E-state index in [0.717, 1.165) is 16.9 Å². The molecular weight excluding hydrogens is 366 g/mol. The lowest BCUT2D eigenvalue weighted by molar-refractivity contribution is -0.114. The molecular formula is C15H18ClN5O3S. The number of guanidine groups is 1. The summed E-state index contributed by atoms with van der Waals surface area (Å²) in [6.45, 7) is 1.35. The van der Waals surface area contributed by atoms with E-state index in [4.69, 9.17) is 11.1 Å². The zero-order chi connectivity index (χ0) is 17.7. The number of amides is 1. The maximum Gasteiger partial charge on any atom is 0.347 e. The predicted molar refractivity (Wildman–Crippen MR) is 100 cm³/mol. The van der Waals surface area contributed by atoms with Crippen molar-refractivity contribution in [1.82, 2.24) is 4.98 Å². The Balaban J connectivity index is 0.00000312. The molecule has 25 heavy (non-hydrogen) atoms. The number of anilines is 2. The van der Waals surface area contributed by atoms with Crippen LogP contribution in [0.15, 0.2) is 24.3 Å². The first-order chi connectivity index (χ1) is 11.3. The van der Waals surface area contributed by atoms with Crippen molar-refractivity contribution in [2.45, 2.75) is 19.8 Å². The molecule has 2 aromatic rings. The summed E-state index contributed by atoms with van der Waals surface area (Å²) in [5, 5.41) is 21.9. The number of benzene rings is 1. The minimum atomic E-state index is -1.06. The lowest BCUT2D eigenvalue weighted by Crippen LogP contribution is -2.20. The highest BCUT2D eigenvalue weighted by Crippen LogP contribution is 2.24. The van der Waals surface area contributed by atoms with Crippen LogP contribution in [-0.4, -0.2) is 27.9 Å². The van der Waals surface area contributed by atoms with Crippen LogP contribution in [0.4, 0.5) is 10.8 Å². The summed E-state index contributed by atoms with van der Waals surface area (Å²) in [6, 6.07) is 7.32. The molecule has 0 aliphatic heterocycles. The second kappa shape index (κ2) is 9.00. The van der Waals surface area contributed by atoms with Crippen molar-refractivity contribution in [2.24, 2.45) is 5.73 Å². The normalized spacial score (nSPS) is 9.80. The Kier molecular flexibility index (Phi) is 7.34. The third-order valence-electron chi connectivity index (χ3n) is 3.06. The van der Waals surface area contributed by atoms with Crippen molar-refractivity contribution in [3.8, 4) is 0 Å². The van der Waals surface area contributed by atoms with E-state index < -0.39 is 5.97 Å². The van der Waals surface area contributed by atoms with Gasteiger partial charge in [-0.15, -0.1) is 12.4 Å². The highest BCUT2D eigenvalue weighted by atomic mass is 35.5. The lowest BCUT2D eigenvalue weighted by Gasteiger charge is -2.05. The number of carboxylic acids is 1. The second-order valence-electron chi connectivity index (χ2n) is 5.02. The van der Waals surface area contributed by atoms with E-state index in [9.17, 15) is 14.7 Å². The van der Waals surface area contributed by atoms with Gasteiger partial charge < -0.3 is 21.5 Å². The number of carbonyl (C=O) groups excluding carboxylic acids is 1. The van der Waals surface area contributed by atoms with Crippen molar-refractivity contribution in [3.63, 3.8) is 0 Å². The minimum Gasteiger partial charge on any atom is -0.477 e. The van der Waals surface area contributed by atoms with Crippen molar-refractivity contribution in [3.05, 3.63) is 40.4 Å². The second-order valence-corrected chi connectivity index (χ2v) is 6.02. The van der Waals surface area contributed by atoms with E-state index in [1.54, 1.807) is 12.1 Å². The zero-order valence-electron chi connectivity index (χ0n) is 13.3. The molecule has 10 heteroatoms. The number of aryl methyl sites for hydroxylation is 2. The van der Waals surface area contributed by atoms with Crippen LogP contribution < -0.4 is 16.4 Å². The van der Waals surface area contributed by atoms with Gasteiger partial charge >= 0.3 is 5.97 Å². The average Bonchev–Trinajstić information content (AvgIpc) is 2.88. The van der Waals surface area contributed by atoms with Crippen LogP contribution in [-0.2, 0) is 17.6 Å². The first-order valence-corrected chi connectivity index (χ1v) is 7.87. The Hall–Kier alpha value is -2.65. The van der Waals surface area contributed by atoms with E-state index in [0.29, 0.717) is 24.2 Å². The number of halogens is 1. The molecule has 0 atom stereocenters. The zero-order valence-corrected chi connectivity index (χ0v) is 15.0. The van der Waals surface area contributed by atoms with Crippen molar-refractivity contribution < 1.29 is 14.7 Å². The fraction of sp³-hybridized carbons (Fsp3) is 0.200. The number of hydrogen-bond donors (Lipinski definition) is 5. The molecule has 0 unspecified atom stereocenters. The summed E-state index contributed by atoms with van der Waals surface area (Å²) < 4.78 is 0. The molecule has 0 saturated carbocycles. The third-order valence-corrected chi connectivity index (χ3v) is 4.06. The van der Waals surface area contributed by atoms with Crippen molar-refractivity contribution in [2.75, 3.05) is 10.6 Å². The standard InChI is InChI=1S/C15H17N5O3S.ClH/c1-8(21)18-15-20-11(12(24-15)13(22)23)7-4-9-2-5-10(6-3-9)19-14(16)17;/h2-3,5-6H,4,7H2,1H3,(H,22,23)(H4,16,17,19)(H,18,20,21);1H. The molecule has 0 bridgehead atoms. The Bertz CT molecular complexity index is 776. The topological polar surface area (TPSA) is 141 Å². The Labute approximate surface area is 154 Å². The first-order valence-electron chi connectivity index (χ1n) is 7.05. The molecule has 6 N–H and O–H groups in total. The molecule has 0 radical (unpaired) electrons. The predicted octanol–water partition coefficient (Wildman–Crippen LogP) is 2.31. The Morgan fingerprint density at radius 2 is 1.88 bits per heavy atom. The average molecular weight is 384 g/mol. The Morgan fingerprint density at radius 3 is 2.40 bits per heavy atom. The number of rotatable bonds is 6. The molecule has 1 aromatic carbocycles. The lowest BCUT2D eigenvalue weighted by atomic mass is 10.1. The molecule has 134 valence electrons. The van der Waals surface area contributed by atoms with Crippen LogP contribution in [0.3, 0.4) is 0 Å². The van der Waals surface area contributed by atoms with Crippen LogP contribution >= 0.6 is 23.7 Å². The summed E-state index contributed by atoms with van der Waals surface area (Å²) in [7, 11) is 0. The molecule has 1 heterocycles. The van der Waals surface area contributed by atoms with E-state index in [-0.39, 0.29) is 34.3 Å². The van der Waals surface area contributed by atoms with Gasteiger partial charge in [0.25, 0.3) is 0 Å². The van der Waals surface area contributed by atoms with Crippen molar-refractivity contribution >= 4 is 52.4 Å². The smallest absolute Gasteiger partial charge is 0.347 e. The van der Waals surface area contributed by atoms with Crippen LogP contribution in [0.1, 0.15) is 27.9 Å². The summed E-state index contributed by atoms with van der Waals surface area (Å²) in [4.78, 5) is 26.7. The van der Waals surface area contributed by atoms with Crippen molar-refractivity contribution in [1.29, 1.82) is 5.41 Å². The molecule has 2 rings (SSSR count). The van der Waals surface area contributed by atoms with Gasteiger partial charge in [0.15, 0.2) is 11.1 Å². The van der Waals surface area contributed by atoms with Gasteiger partial charge in [-0.05, 0) is 30.5 Å². The highest BCUT2D eigenvalue weighted by molar-refractivity contribution is 7.17. The number of carboxylic acid groups (broad SMARTS) is 1. The number of nitrogens with two attached hydrogens (primary N) is 1. The van der Waals surface area contributed by atoms with E-state index in [2.05, 4.69) is 15.6 Å². The van der Waals surface area contributed by atoms with E-state index in [1.807, 2.05) is 12.1 Å². The Morgan fingerprint density at radius 1 is 1.24 bits per heavy atom. The van der Waals surface area contributed by atoms with Gasteiger partial charge in [-0.25, -0.2) is 9.78 Å². The van der Waals surface area contributed by atoms with Crippen LogP contribution in [0.5, 0.6) is 0 Å². The summed E-state index contributed by atoms with van der Waals surface area (Å²) in [6.07, 6.45) is 1.04. The van der Waals surface area contributed by atoms with Crippen LogP contribution in [0.25, 0.3) is 0 Å². The number of aromatic nitrogens is 1. The monoisotopic (exact) mass is 383 g/mol. The van der Waals surface area contributed by atoms with Crippen LogP contribution in [0.2, 0.25) is 0 Å². The molecule has 0 aliphatic rings. The first kappa shape index (κ1) is 20.4. The number of aromatic carboxylic acids is 1. The van der Waals surface area contributed by atoms with Crippen LogP contribution in [0, 0.1) is 5.41 Å². The van der Waals surface area contributed by atoms with Gasteiger partial charge in [0.2, 0.25) is 5.91 Å². The quantitative estimate of drug-likeness (QED) is 0.383.